The summed E-state index contributed by atoms with van der Waals surface area (Å²) < 4.78 is 0. The smallest absolute Gasteiger partial charge is 0.292 e. The van der Waals surface area contributed by atoms with E-state index in [0.29, 0.717) is 11.6 Å². The summed E-state index contributed by atoms with van der Waals surface area (Å²) in [5.74, 6) is 0.588. The van der Waals surface area contributed by atoms with E-state index in [0.717, 1.165) is 12.0 Å². The van der Waals surface area contributed by atoms with E-state index >= 15 is 0 Å². The number of hydrogen-bond donors (Lipinski definition) is 1. The van der Waals surface area contributed by atoms with Crippen LogP contribution in [0.5, 0.6) is 0 Å². The van der Waals surface area contributed by atoms with Crippen molar-refractivity contribution in [2.75, 3.05) is 5.32 Å². The number of rotatable bonds is 2. The number of hydrogen-bond acceptors (Lipinski definition) is 3. The fraction of sp³-hybridized carbons (Fsp3) is 0.182. The number of para-hydroxylation sites is 1. The lowest BCUT2D eigenvalue weighted by Crippen LogP contribution is -2.29. The fourth-order valence-electron chi connectivity index (χ4n) is 4.59. The standard InChI is InChI=1S/C22H18N2O2/c25-24(26)20-13-5-12-19-16-9-4-11-18(16)21(23-22(19)20)17-10-3-7-14-6-1-2-8-15(14)17/h1-10,12-13,16,18,21,23H,11H2/t16?,18?,21-/m1/s1. The molecule has 2 aliphatic rings. The highest BCUT2D eigenvalue weighted by Crippen LogP contribution is 2.52. The molecule has 3 atom stereocenters. The van der Waals surface area contributed by atoms with Gasteiger partial charge in [0, 0.05) is 12.0 Å². The predicted molar refractivity (Wildman–Crippen MR) is 103 cm³/mol. The molecule has 3 aromatic rings. The van der Waals surface area contributed by atoms with Crippen LogP contribution in [0.15, 0.2) is 72.8 Å². The molecule has 2 unspecified atom stereocenters. The molecule has 0 bridgehead atoms. The lowest BCUT2D eigenvalue weighted by molar-refractivity contribution is -0.384. The van der Waals surface area contributed by atoms with Crippen LogP contribution in [0.4, 0.5) is 11.4 Å². The number of benzene rings is 3. The van der Waals surface area contributed by atoms with E-state index in [2.05, 4.69) is 53.9 Å². The third kappa shape index (κ3) is 2.15. The van der Waals surface area contributed by atoms with Gasteiger partial charge in [0.1, 0.15) is 5.69 Å². The van der Waals surface area contributed by atoms with Crippen molar-refractivity contribution in [2.45, 2.75) is 18.4 Å². The number of anilines is 1. The zero-order chi connectivity index (χ0) is 17.7. The fourth-order valence-corrected chi connectivity index (χ4v) is 4.59. The number of fused-ring (bicyclic) bond motifs is 4. The summed E-state index contributed by atoms with van der Waals surface area (Å²) in [6.07, 6.45) is 5.41. The van der Waals surface area contributed by atoms with Gasteiger partial charge in [-0.05, 0) is 34.2 Å². The molecular weight excluding hydrogens is 324 g/mol. The van der Waals surface area contributed by atoms with Crippen LogP contribution in [0, 0.1) is 16.0 Å². The van der Waals surface area contributed by atoms with Crippen LogP contribution in [0.3, 0.4) is 0 Å². The SMILES string of the molecule is O=[N+]([O-])c1cccc2c1N[C@H](c1cccc3ccccc13)C1CC=CC21. The van der Waals surface area contributed by atoms with Gasteiger partial charge in [-0.15, -0.1) is 0 Å². The van der Waals surface area contributed by atoms with Gasteiger partial charge >= 0.3 is 0 Å². The normalized spacial score (nSPS) is 23.3. The zero-order valence-corrected chi connectivity index (χ0v) is 14.1. The molecule has 0 radical (unpaired) electrons. The molecule has 0 saturated heterocycles. The maximum absolute atomic E-state index is 11.6. The van der Waals surface area contributed by atoms with Crippen LogP contribution in [0.2, 0.25) is 0 Å². The van der Waals surface area contributed by atoms with Gasteiger partial charge < -0.3 is 5.32 Å². The van der Waals surface area contributed by atoms with Crippen molar-refractivity contribution in [3.8, 4) is 0 Å². The lowest BCUT2D eigenvalue weighted by Gasteiger charge is -2.37. The molecule has 4 heteroatoms. The van der Waals surface area contributed by atoms with Gasteiger partial charge in [0.25, 0.3) is 5.69 Å². The Morgan fingerprint density at radius 3 is 2.62 bits per heavy atom. The van der Waals surface area contributed by atoms with Crippen molar-refractivity contribution in [3.05, 3.63) is 94.1 Å². The van der Waals surface area contributed by atoms with Gasteiger partial charge in [-0.2, -0.15) is 0 Å². The van der Waals surface area contributed by atoms with Crippen molar-refractivity contribution in [3.63, 3.8) is 0 Å². The van der Waals surface area contributed by atoms with Gasteiger partial charge in [-0.3, -0.25) is 10.1 Å². The van der Waals surface area contributed by atoms with Crippen LogP contribution in [-0.4, -0.2) is 4.92 Å². The van der Waals surface area contributed by atoms with Gasteiger partial charge in [-0.1, -0.05) is 66.7 Å². The van der Waals surface area contributed by atoms with E-state index in [-0.39, 0.29) is 22.6 Å². The first-order valence-electron chi connectivity index (χ1n) is 8.92. The summed E-state index contributed by atoms with van der Waals surface area (Å²) >= 11 is 0. The molecule has 0 amide bonds. The molecule has 128 valence electrons. The number of nitro groups is 1. The van der Waals surface area contributed by atoms with Crippen LogP contribution >= 0.6 is 0 Å². The van der Waals surface area contributed by atoms with E-state index < -0.39 is 0 Å². The Morgan fingerprint density at radius 1 is 0.962 bits per heavy atom. The lowest BCUT2D eigenvalue weighted by atomic mass is 9.76. The molecule has 0 saturated carbocycles. The third-order valence-corrected chi connectivity index (χ3v) is 5.73. The highest BCUT2D eigenvalue weighted by molar-refractivity contribution is 5.87. The Bertz CT molecular complexity index is 1050. The Hall–Kier alpha value is -3.14. The molecule has 0 fully saturated rings. The summed E-state index contributed by atoms with van der Waals surface area (Å²) in [5, 5.41) is 17.5. The summed E-state index contributed by atoms with van der Waals surface area (Å²) in [5.41, 5.74) is 3.08. The highest BCUT2D eigenvalue weighted by Gasteiger charge is 2.40. The average Bonchev–Trinajstić information content (AvgIpc) is 3.16. The molecule has 3 aromatic carbocycles. The van der Waals surface area contributed by atoms with Crippen LogP contribution in [0.1, 0.15) is 29.5 Å². The minimum atomic E-state index is -0.287. The van der Waals surface area contributed by atoms with E-state index in [1.165, 1.54) is 16.3 Å². The quantitative estimate of drug-likeness (QED) is 0.376. The monoisotopic (exact) mass is 342 g/mol. The summed E-state index contributed by atoms with van der Waals surface area (Å²) in [6, 6.07) is 20.1. The molecule has 5 rings (SSSR count). The minimum absolute atomic E-state index is 0.0506. The first kappa shape index (κ1) is 15.1. The average molecular weight is 342 g/mol. The van der Waals surface area contributed by atoms with Crippen molar-refractivity contribution >= 4 is 22.1 Å². The predicted octanol–water partition coefficient (Wildman–Crippen LogP) is 5.57. The number of nitro benzene ring substituents is 1. The van der Waals surface area contributed by atoms with E-state index in [1.54, 1.807) is 12.1 Å². The Morgan fingerprint density at radius 2 is 1.73 bits per heavy atom. The van der Waals surface area contributed by atoms with E-state index in [9.17, 15) is 10.1 Å². The van der Waals surface area contributed by atoms with Gasteiger partial charge in [0.15, 0.2) is 0 Å². The molecule has 1 aliphatic heterocycles. The highest BCUT2D eigenvalue weighted by atomic mass is 16.6. The topological polar surface area (TPSA) is 55.2 Å². The van der Waals surface area contributed by atoms with E-state index in [4.69, 9.17) is 0 Å². The molecule has 1 heterocycles. The molecule has 26 heavy (non-hydrogen) atoms. The largest absolute Gasteiger partial charge is 0.372 e. The molecule has 0 aromatic heterocycles. The molecule has 0 spiro atoms. The van der Waals surface area contributed by atoms with Gasteiger partial charge in [0.2, 0.25) is 0 Å². The molecule has 1 aliphatic carbocycles. The first-order valence-corrected chi connectivity index (χ1v) is 8.92. The van der Waals surface area contributed by atoms with Crippen LogP contribution < -0.4 is 5.32 Å². The van der Waals surface area contributed by atoms with E-state index in [1.807, 2.05) is 12.1 Å². The molecule has 1 N–H and O–H groups in total. The number of nitrogens with one attached hydrogen (secondary N) is 1. The maximum atomic E-state index is 11.6. The van der Waals surface area contributed by atoms with Crippen molar-refractivity contribution in [1.29, 1.82) is 0 Å². The third-order valence-electron chi connectivity index (χ3n) is 5.73. The first-order chi connectivity index (χ1) is 12.7. The van der Waals surface area contributed by atoms with Crippen LogP contribution in [0.25, 0.3) is 10.8 Å². The van der Waals surface area contributed by atoms with Crippen molar-refractivity contribution in [1.82, 2.24) is 0 Å². The van der Waals surface area contributed by atoms with Gasteiger partial charge in [0.05, 0.1) is 11.0 Å². The van der Waals surface area contributed by atoms with Crippen molar-refractivity contribution in [2.24, 2.45) is 5.92 Å². The maximum Gasteiger partial charge on any atom is 0.292 e. The second-order valence-electron chi connectivity index (χ2n) is 7.04. The van der Waals surface area contributed by atoms with Crippen molar-refractivity contribution < 1.29 is 4.92 Å². The Labute approximate surface area is 151 Å². The second-order valence-corrected chi connectivity index (χ2v) is 7.04. The Balaban J connectivity index is 1.71. The summed E-state index contributed by atoms with van der Waals surface area (Å²) in [6.45, 7) is 0. The zero-order valence-electron chi connectivity index (χ0n) is 14.1. The Kier molecular flexibility index (Phi) is 3.32. The summed E-state index contributed by atoms with van der Waals surface area (Å²) in [7, 11) is 0. The molecule has 4 nitrogen and oxygen atoms in total. The van der Waals surface area contributed by atoms with Crippen LogP contribution in [-0.2, 0) is 0 Å². The number of allylic oxidation sites excluding steroid dienone is 2. The summed E-state index contributed by atoms with van der Waals surface area (Å²) in [4.78, 5) is 11.3. The minimum Gasteiger partial charge on any atom is -0.372 e. The second kappa shape index (κ2) is 5.70. The number of nitrogens with zero attached hydrogens (tertiary/aromatic N) is 1. The van der Waals surface area contributed by atoms with Gasteiger partial charge in [-0.25, -0.2) is 0 Å². The molecular formula is C22H18N2O2.